The molecule has 0 bridgehead atoms. The van der Waals surface area contributed by atoms with E-state index in [1.54, 1.807) is 7.11 Å². The van der Waals surface area contributed by atoms with Gasteiger partial charge in [-0.15, -0.1) is 0 Å². The van der Waals surface area contributed by atoms with Crippen molar-refractivity contribution in [2.75, 3.05) is 20.3 Å². The third-order valence-electron chi connectivity index (χ3n) is 11.4. The number of esters is 1. The number of carbonyl (C=O) groups is 4. The summed E-state index contributed by atoms with van der Waals surface area (Å²) in [6, 6.07) is 7.61. The smallest absolute Gasteiger partial charge is 0.306 e. The van der Waals surface area contributed by atoms with Crippen molar-refractivity contribution in [2.45, 2.75) is 90.1 Å². The number of fused-ring (bicyclic) bond motifs is 5. The molecule has 8 heteroatoms. The molecule has 0 unspecified atom stereocenters. The second-order valence-corrected chi connectivity index (χ2v) is 13.4. The Hall–Kier alpha value is -3.00. The molecule has 1 aromatic carbocycles. The maximum absolute atomic E-state index is 13.4. The maximum Gasteiger partial charge on any atom is 0.306 e. The van der Waals surface area contributed by atoms with Gasteiger partial charge in [0.1, 0.15) is 11.4 Å². The number of methoxy groups -OCH3 is 1. The number of ketones is 2. The summed E-state index contributed by atoms with van der Waals surface area (Å²) in [5, 5.41) is 14.6. The molecule has 4 aliphatic rings. The summed E-state index contributed by atoms with van der Waals surface area (Å²) in [6.45, 7) is 4.34. The molecule has 0 aromatic heterocycles. The van der Waals surface area contributed by atoms with E-state index in [-0.39, 0.29) is 35.9 Å². The molecule has 228 valence electrons. The fourth-order valence-electron chi connectivity index (χ4n) is 8.81. The summed E-state index contributed by atoms with van der Waals surface area (Å²) in [5.41, 5.74) is 0.296. The third kappa shape index (κ3) is 5.54. The van der Waals surface area contributed by atoms with Crippen molar-refractivity contribution in [2.24, 2.45) is 28.6 Å². The molecule has 3 fully saturated rings. The van der Waals surface area contributed by atoms with E-state index >= 15 is 0 Å². The molecule has 0 radical (unpaired) electrons. The number of ether oxygens (including phenoxy) is 2. The minimum absolute atomic E-state index is 0.0242. The van der Waals surface area contributed by atoms with Crippen LogP contribution >= 0.6 is 0 Å². The molecule has 6 atom stereocenters. The Morgan fingerprint density at radius 1 is 0.976 bits per heavy atom. The molecule has 0 aliphatic heterocycles. The van der Waals surface area contributed by atoms with Gasteiger partial charge in [0.25, 0.3) is 0 Å². The minimum atomic E-state index is -1.53. The number of nitrogens with one attached hydrogen (secondary N) is 1. The van der Waals surface area contributed by atoms with Gasteiger partial charge < -0.3 is 19.9 Å². The van der Waals surface area contributed by atoms with E-state index in [9.17, 15) is 24.3 Å². The van der Waals surface area contributed by atoms with Crippen molar-refractivity contribution < 1.29 is 33.8 Å². The molecule has 1 aromatic rings. The largest absolute Gasteiger partial charge is 0.497 e. The predicted molar refractivity (Wildman–Crippen MR) is 157 cm³/mol. The highest BCUT2D eigenvalue weighted by molar-refractivity contribution is 5.92. The molecular formula is C34H45NO7. The number of aliphatic hydroxyl groups is 1. The van der Waals surface area contributed by atoms with Gasteiger partial charge in [-0.05, 0) is 98.3 Å². The molecule has 0 heterocycles. The van der Waals surface area contributed by atoms with Crippen molar-refractivity contribution in [3.05, 3.63) is 41.5 Å². The summed E-state index contributed by atoms with van der Waals surface area (Å²) in [5.74, 6) is 0.791. The van der Waals surface area contributed by atoms with Crippen LogP contribution in [-0.4, -0.2) is 54.4 Å². The molecule has 3 saturated carbocycles. The summed E-state index contributed by atoms with van der Waals surface area (Å²) < 4.78 is 10.4. The second-order valence-electron chi connectivity index (χ2n) is 13.4. The van der Waals surface area contributed by atoms with E-state index in [0.717, 1.165) is 49.8 Å². The first-order valence-electron chi connectivity index (χ1n) is 15.5. The van der Waals surface area contributed by atoms with E-state index in [4.69, 9.17) is 9.47 Å². The van der Waals surface area contributed by atoms with Gasteiger partial charge in [-0.1, -0.05) is 31.6 Å². The maximum atomic E-state index is 13.4. The number of hydrogen-bond acceptors (Lipinski definition) is 7. The number of rotatable bonds is 10. The van der Waals surface area contributed by atoms with Crippen LogP contribution in [0.5, 0.6) is 5.75 Å². The van der Waals surface area contributed by atoms with Gasteiger partial charge in [0.2, 0.25) is 11.7 Å². The first kappa shape index (κ1) is 30.5. The van der Waals surface area contributed by atoms with Gasteiger partial charge in [0, 0.05) is 24.8 Å². The lowest BCUT2D eigenvalue weighted by atomic mass is 9.46. The van der Waals surface area contributed by atoms with Gasteiger partial charge in [-0.2, -0.15) is 0 Å². The van der Waals surface area contributed by atoms with Crippen molar-refractivity contribution in [3.63, 3.8) is 0 Å². The van der Waals surface area contributed by atoms with E-state index in [2.05, 4.69) is 19.2 Å². The summed E-state index contributed by atoms with van der Waals surface area (Å²) >= 11 is 0. The van der Waals surface area contributed by atoms with Gasteiger partial charge in [0.05, 0.1) is 13.5 Å². The normalized spacial score (nSPS) is 33.5. The number of Topliss-reactive ketones (excluding diaryl/α,β-unsaturated/α-hetero) is 1. The summed E-state index contributed by atoms with van der Waals surface area (Å²) in [4.78, 5) is 50.1. The SMILES string of the molecule is COc1ccc(CCNC(=O)CCC(=O)OCC(=O)[C@@]2(O)CC[C@@H]3[C@H]4CCC5=CC(=O)CC[C@]5(C)[C@@H]4CC[C@]32C)cc1. The number of amides is 1. The highest BCUT2D eigenvalue weighted by atomic mass is 16.5. The summed E-state index contributed by atoms with van der Waals surface area (Å²) in [6.07, 6.45) is 8.60. The quantitative estimate of drug-likeness (QED) is 0.392. The highest BCUT2D eigenvalue weighted by Crippen LogP contribution is 2.67. The molecule has 8 nitrogen and oxygen atoms in total. The lowest BCUT2D eigenvalue weighted by molar-refractivity contribution is -0.170. The highest BCUT2D eigenvalue weighted by Gasteiger charge is 2.66. The fourth-order valence-corrected chi connectivity index (χ4v) is 8.81. The Balaban J connectivity index is 1.09. The minimum Gasteiger partial charge on any atom is -0.497 e. The first-order valence-corrected chi connectivity index (χ1v) is 15.5. The van der Waals surface area contributed by atoms with Crippen molar-refractivity contribution in [1.29, 1.82) is 0 Å². The van der Waals surface area contributed by atoms with E-state index < -0.39 is 29.4 Å². The monoisotopic (exact) mass is 579 g/mol. The zero-order chi connectivity index (χ0) is 30.1. The van der Waals surface area contributed by atoms with Gasteiger partial charge in [-0.25, -0.2) is 0 Å². The van der Waals surface area contributed by atoms with Crippen LogP contribution in [-0.2, 0) is 30.3 Å². The lowest BCUT2D eigenvalue weighted by Crippen LogP contribution is -2.58. The number of hydrogen-bond donors (Lipinski definition) is 2. The second kappa shape index (κ2) is 11.9. The zero-order valence-electron chi connectivity index (χ0n) is 25.2. The van der Waals surface area contributed by atoms with Crippen LogP contribution in [0.2, 0.25) is 0 Å². The van der Waals surface area contributed by atoms with E-state index in [0.29, 0.717) is 37.6 Å². The average molecular weight is 580 g/mol. The Bertz CT molecular complexity index is 1250. The van der Waals surface area contributed by atoms with Crippen LogP contribution in [0, 0.1) is 28.6 Å². The zero-order valence-corrected chi connectivity index (χ0v) is 25.2. The topological polar surface area (TPSA) is 119 Å². The summed E-state index contributed by atoms with van der Waals surface area (Å²) in [7, 11) is 1.61. The number of benzene rings is 1. The van der Waals surface area contributed by atoms with Gasteiger partial charge in [-0.3, -0.25) is 19.2 Å². The third-order valence-corrected chi connectivity index (χ3v) is 11.4. The van der Waals surface area contributed by atoms with Crippen LogP contribution in [0.15, 0.2) is 35.9 Å². The van der Waals surface area contributed by atoms with Gasteiger partial charge in [0.15, 0.2) is 12.4 Å². The fraction of sp³-hybridized carbons (Fsp3) is 0.647. The van der Waals surface area contributed by atoms with Crippen molar-refractivity contribution in [3.8, 4) is 5.75 Å². The van der Waals surface area contributed by atoms with Crippen LogP contribution in [0.1, 0.15) is 83.6 Å². The van der Waals surface area contributed by atoms with Gasteiger partial charge >= 0.3 is 5.97 Å². The van der Waals surface area contributed by atoms with Crippen LogP contribution in [0.25, 0.3) is 0 Å². The molecule has 42 heavy (non-hydrogen) atoms. The molecule has 2 N–H and O–H groups in total. The Morgan fingerprint density at radius 3 is 2.45 bits per heavy atom. The standard InChI is InChI=1S/C34H45NO7/c1-32-16-12-24(36)20-23(32)6-9-26-27(32)13-17-33(2)28(26)14-18-34(33,40)29(37)21-42-31(39)11-10-30(38)35-19-15-22-4-7-25(41-3)8-5-22/h4-5,7-8,20,26-28,40H,6,9-19,21H2,1-3H3,(H,35,38)/t26-,27+,28+,32-,33+,34-/m0/s1. The molecule has 5 rings (SSSR count). The van der Waals surface area contributed by atoms with Crippen LogP contribution < -0.4 is 10.1 Å². The van der Waals surface area contributed by atoms with Crippen LogP contribution in [0.3, 0.4) is 0 Å². The number of carbonyl (C=O) groups excluding carboxylic acids is 4. The first-order chi connectivity index (χ1) is 20.0. The molecule has 0 saturated heterocycles. The van der Waals surface area contributed by atoms with E-state index in [1.807, 2.05) is 30.3 Å². The Morgan fingerprint density at radius 2 is 1.71 bits per heavy atom. The Kier molecular flexibility index (Phi) is 8.66. The lowest BCUT2D eigenvalue weighted by Gasteiger charge is -2.58. The molecule has 4 aliphatic carbocycles. The van der Waals surface area contributed by atoms with Crippen LogP contribution in [0.4, 0.5) is 0 Å². The molecular weight excluding hydrogens is 534 g/mol. The van der Waals surface area contributed by atoms with Crippen molar-refractivity contribution >= 4 is 23.4 Å². The Labute approximate surface area is 248 Å². The van der Waals surface area contributed by atoms with E-state index in [1.165, 1.54) is 5.57 Å². The predicted octanol–water partition coefficient (Wildman–Crippen LogP) is 4.51. The molecule has 0 spiro atoms. The average Bonchev–Trinajstić information content (AvgIpc) is 3.26. The molecule has 1 amide bonds. The van der Waals surface area contributed by atoms with Crippen molar-refractivity contribution in [1.82, 2.24) is 5.32 Å². The number of allylic oxidation sites excluding steroid dienone is 1.